The second-order valence-corrected chi connectivity index (χ2v) is 4.74. The third kappa shape index (κ3) is 1.71. The van der Waals surface area contributed by atoms with Crippen LogP contribution in [0.3, 0.4) is 0 Å². The molecule has 9 nitrogen and oxygen atoms in total. The molecule has 0 saturated heterocycles. The minimum absolute atomic E-state index is 0.466. The Kier molecular flexibility index (Phi) is 2.68. The molecule has 2 aliphatic heterocycles. The number of amides is 2. The zero-order valence-corrected chi connectivity index (χ0v) is 11.2. The smallest absolute Gasteiger partial charge is 0.276 e. The maximum absolute atomic E-state index is 12.8. The molecule has 0 fully saturated rings. The second kappa shape index (κ2) is 4.58. The van der Waals surface area contributed by atoms with Gasteiger partial charge in [0.15, 0.2) is 0 Å². The summed E-state index contributed by atoms with van der Waals surface area (Å²) >= 11 is 0. The van der Waals surface area contributed by atoms with Gasteiger partial charge in [0.2, 0.25) is 0 Å². The number of anilines is 4. The van der Waals surface area contributed by atoms with Gasteiger partial charge in [-0.15, -0.1) is 0 Å². The third-order valence-electron chi connectivity index (χ3n) is 3.45. The van der Waals surface area contributed by atoms with Crippen molar-refractivity contribution in [3.8, 4) is 0 Å². The summed E-state index contributed by atoms with van der Waals surface area (Å²) in [6.07, 6.45) is 0. The molecular formula is C13H12N6O3. The van der Waals surface area contributed by atoms with Crippen LogP contribution in [0, 0.1) is 0 Å². The molecule has 0 aromatic heterocycles. The van der Waals surface area contributed by atoms with Gasteiger partial charge in [0.25, 0.3) is 0 Å². The van der Waals surface area contributed by atoms with Gasteiger partial charge in [0.1, 0.15) is 0 Å². The average molecular weight is 300 g/mol. The van der Waals surface area contributed by atoms with Crippen molar-refractivity contribution >= 4 is 28.8 Å². The van der Waals surface area contributed by atoms with E-state index in [1.807, 2.05) is 0 Å². The number of hydrogen-bond acceptors (Lipinski definition) is 7. The summed E-state index contributed by atoms with van der Waals surface area (Å²) in [5, 5.41) is 23.1. The topological polar surface area (TPSA) is 94.5 Å². The van der Waals surface area contributed by atoms with E-state index in [-0.39, 0.29) is 0 Å². The van der Waals surface area contributed by atoms with Crippen molar-refractivity contribution in [1.82, 2.24) is 10.6 Å². The van der Waals surface area contributed by atoms with E-state index in [0.29, 0.717) is 33.3 Å². The van der Waals surface area contributed by atoms with Crippen LogP contribution in [0.15, 0.2) is 48.5 Å². The first-order chi connectivity index (χ1) is 10.7. The largest absolute Gasteiger partial charge is 0.365 e. The molecule has 9 heteroatoms. The van der Waals surface area contributed by atoms with Crippen molar-refractivity contribution in [2.24, 2.45) is 0 Å². The molecule has 4 rings (SSSR count). The van der Waals surface area contributed by atoms with Gasteiger partial charge >= 0.3 is 6.03 Å². The normalized spacial score (nSPS) is 17.0. The fourth-order valence-corrected chi connectivity index (χ4v) is 2.48. The van der Waals surface area contributed by atoms with Crippen LogP contribution in [0.2, 0.25) is 0 Å². The molecule has 0 spiro atoms. The molecule has 112 valence electrons. The molecule has 0 aliphatic carbocycles. The molecule has 22 heavy (non-hydrogen) atoms. The number of para-hydroxylation sites is 4. The Morgan fingerprint density at radius 2 is 1.18 bits per heavy atom. The van der Waals surface area contributed by atoms with Crippen LogP contribution < -0.4 is 20.9 Å². The molecule has 0 atom stereocenters. The number of carbonyl (C=O) groups excluding carboxylic acids is 1. The molecule has 0 unspecified atom stereocenters. The predicted octanol–water partition coefficient (Wildman–Crippen LogP) is 2.01. The number of benzene rings is 2. The number of rotatable bonds is 0. The summed E-state index contributed by atoms with van der Waals surface area (Å²) in [5.74, 6) is 0. The second-order valence-electron chi connectivity index (χ2n) is 4.74. The zero-order valence-electron chi connectivity index (χ0n) is 11.2. The first kappa shape index (κ1) is 12.9. The van der Waals surface area contributed by atoms with E-state index in [1.165, 1.54) is 0 Å². The van der Waals surface area contributed by atoms with E-state index in [1.54, 1.807) is 48.5 Å². The van der Waals surface area contributed by atoms with Crippen LogP contribution in [0.4, 0.5) is 27.5 Å². The molecule has 2 amide bonds. The number of nitrogens with zero attached hydrogens (tertiary/aromatic N) is 4. The number of urea groups is 1. The van der Waals surface area contributed by atoms with Crippen LogP contribution in [-0.4, -0.2) is 27.0 Å². The van der Waals surface area contributed by atoms with Crippen LogP contribution in [0.1, 0.15) is 0 Å². The highest BCUT2D eigenvalue weighted by molar-refractivity contribution is 6.07. The first-order valence-corrected chi connectivity index (χ1v) is 6.50. The van der Waals surface area contributed by atoms with Crippen molar-refractivity contribution in [1.29, 1.82) is 0 Å². The van der Waals surface area contributed by atoms with E-state index in [2.05, 4.69) is 10.9 Å². The minimum atomic E-state index is -0.667. The quantitative estimate of drug-likeness (QED) is 0.591. The maximum Gasteiger partial charge on any atom is 0.365 e. The van der Waals surface area contributed by atoms with Gasteiger partial charge in [-0.25, -0.2) is 4.79 Å². The Labute approximate surface area is 125 Å². The lowest BCUT2D eigenvalue weighted by atomic mass is 10.2. The molecule has 2 heterocycles. The molecule has 2 aromatic rings. The Bertz CT molecular complexity index is 693. The Morgan fingerprint density at radius 1 is 0.773 bits per heavy atom. The van der Waals surface area contributed by atoms with Gasteiger partial charge in [-0.1, -0.05) is 24.3 Å². The number of fused-ring (bicyclic) bond motifs is 2. The van der Waals surface area contributed by atoms with Crippen LogP contribution in [0.25, 0.3) is 0 Å². The van der Waals surface area contributed by atoms with Crippen molar-refractivity contribution in [2.75, 3.05) is 20.9 Å². The van der Waals surface area contributed by atoms with Crippen molar-refractivity contribution in [3.63, 3.8) is 0 Å². The monoisotopic (exact) mass is 300 g/mol. The van der Waals surface area contributed by atoms with Gasteiger partial charge in [0, 0.05) is 10.6 Å². The lowest BCUT2D eigenvalue weighted by molar-refractivity contribution is -0.0762. The first-order valence-electron chi connectivity index (χ1n) is 6.50. The number of nitrogens with one attached hydrogen (secondary N) is 2. The minimum Gasteiger partial charge on any atom is -0.276 e. The fourth-order valence-electron chi connectivity index (χ4n) is 2.48. The van der Waals surface area contributed by atoms with E-state index in [4.69, 9.17) is 0 Å². The summed E-state index contributed by atoms with van der Waals surface area (Å²) in [6.45, 7) is 0. The van der Waals surface area contributed by atoms with Crippen LogP contribution in [-0.2, 0) is 0 Å². The van der Waals surface area contributed by atoms with Gasteiger partial charge in [0.05, 0.1) is 22.7 Å². The highest BCUT2D eigenvalue weighted by atomic mass is 16.6. The van der Waals surface area contributed by atoms with E-state index in [9.17, 15) is 15.2 Å². The SMILES string of the molecule is O=C(N1c2ccccc2NN1O)N1c2ccccc2NN1O. The number of hydrogen-bond donors (Lipinski definition) is 4. The molecule has 2 aliphatic rings. The summed E-state index contributed by atoms with van der Waals surface area (Å²) in [5.41, 5.74) is 7.35. The lowest BCUT2D eigenvalue weighted by Crippen LogP contribution is -2.54. The third-order valence-corrected chi connectivity index (χ3v) is 3.45. The van der Waals surface area contributed by atoms with E-state index in [0.717, 1.165) is 10.0 Å². The summed E-state index contributed by atoms with van der Waals surface area (Å²) in [7, 11) is 0. The maximum atomic E-state index is 12.8. The molecule has 4 N–H and O–H groups in total. The van der Waals surface area contributed by atoms with Crippen LogP contribution >= 0.6 is 0 Å². The highest BCUT2D eigenvalue weighted by Gasteiger charge is 2.40. The fraction of sp³-hybridized carbons (Fsp3) is 0. The summed E-state index contributed by atoms with van der Waals surface area (Å²) in [6, 6.07) is 13.2. The molecule has 0 bridgehead atoms. The van der Waals surface area contributed by atoms with Gasteiger partial charge < -0.3 is 0 Å². The Morgan fingerprint density at radius 3 is 1.64 bits per heavy atom. The Hall–Kier alpha value is -2.85. The lowest BCUT2D eigenvalue weighted by Gasteiger charge is -2.28. The Balaban J connectivity index is 1.74. The van der Waals surface area contributed by atoms with Gasteiger partial charge in [-0.2, -0.15) is 10.0 Å². The zero-order chi connectivity index (χ0) is 15.3. The van der Waals surface area contributed by atoms with Crippen molar-refractivity contribution in [3.05, 3.63) is 48.5 Å². The van der Waals surface area contributed by atoms with E-state index < -0.39 is 6.03 Å². The molecule has 0 saturated carbocycles. The molecular weight excluding hydrogens is 288 g/mol. The average Bonchev–Trinajstić information content (AvgIpc) is 3.01. The van der Waals surface area contributed by atoms with Gasteiger partial charge in [-0.3, -0.25) is 21.3 Å². The van der Waals surface area contributed by atoms with E-state index >= 15 is 0 Å². The van der Waals surface area contributed by atoms with Gasteiger partial charge in [-0.05, 0) is 24.3 Å². The highest BCUT2D eigenvalue weighted by Crippen LogP contribution is 2.37. The summed E-state index contributed by atoms with van der Waals surface area (Å²) < 4.78 is 0. The summed E-state index contributed by atoms with van der Waals surface area (Å²) in [4.78, 5) is 12.8. The number of hydrazine groups is 4. The van der Waals surface area contributed by atoms with Crippen molar-refractivity contribution in [2.45, 2.75) is 0 Å². The predicted molar refractivity (Wildman–Crippen MR) is 77.7 cm³/mol. The number of carbonyl (C=O) groups is 1. The molecule has 2 aromatic carbocycles. The standard InChI is InChI=1S/C13H12N6O3/c20-13(16-11-7-3-1-5-9(11)14-18(16)21)17-12-8-4-2-6-10(12)15-19(17)22/h1-8,14-15,21-22H. The van der Waals surface area contributed by atoms with Crippen LogP contribution in [0.5, 0.6) is 0 Å². The molecule has 0 radical (unpaired) electrons. The van der Waals surface area contributed by atoms with Crippen molar-refractivity contribution < 1.29 is 15.2 Å².